The highest BCUT2D eigenvalue weighted by Crippen LogP contribution is 2.45. The fraction of sp³-hybridized carbons (Fsp3) is 0.545. The van der Waals surface area contributed by atoms with Gasteiger partial charge < -0.3 is 35.5 Å². The second-order valence-electron chi connectivity index (χ2n) is 13.0. The molecule has 0 spiro atoms. The summed E-state index contributed by atoms with van der Waals surface area (Å²) >= 11 is 0. The van der Waals surface area contributed by atoms with E-state index in [0.29, 0.717) is 50.6 Å². The fourth-order valence-corrected chi connectivity index (χ4v) is 7.97. The summed E-state index contributed by atoms with van der Waals surface area (Å²) < 4.78 is -0.382. The average molecular weight is 591 g/mol. The smallest absolute Gasteiger partial charge is 0.322 e. The number of aldehydes is 1. The van der Waals surface area contributed by atoms with Gasteiger partial charge in [-0.15, -0.1) is 0 Å². The van der Waals surface area contributed by atoms with E-state index in [-0.39, 0.29) is 36.1 Å². The lowest BCUT2D eigenvalue weighted by Crippen LogP contribution is -2.80. The number of hydrogen-bond donors (Lipinski definition) is 2. The van der Waals surface area contributed by atoms with Gasteiger partial charge in [0.2, 0.25) is 0 Å². The summed E-state index contributed by atoms with van der Waals surface area (Å²) in [6.45, 7) is 6.13. The standard InChI is InChI=1S/C33H46N6O4/c1-23-19-25(20-24(2)30(23)34)22-39(32(42)43)17-12-28(38-16-9-26-7-5-6-8-29(26)35-31(38)41)21-33(39,13-18-40)37-14-10-27(11-15-37)36(3)4/h5-8,18-20,27-28H,9-17,21-22,34H2,1-4H3,(H-,35,41,42,43)/t28?,33?,39-/m0/s1. The van der Waals surface area contributed by atoms with E-state index in [1.54, 1.807) is 0 Å². The van der Waals surface area contributed by atoms with Crippen molar-refractivity contribution >= 4 is 29.8 Å². The molecule has 2 aromatic rings. The van der Waals surface area contributed by atoms with Crippen molar-refractivity contribution < 1.29 is 24.0 Å². The summed E-state index contributed by atoms with van der Waals surface area (Å²) in [6.07, 6.45) is 3.00. The van der Waals surface area contributed by atoms with Gasteiger partial charge in [0.15, 0.2) is 5.66 Å². The normalized spacial score (nSPS) is 27.0. The van der Waals surface area contributed by atoms with Crippen molar-refractivity contribution in [2.45, 2.75) is 76.7 Å². The van der Waals surface area contributed by atoms with Gasteiger partial charge in [0.1, 0.15) is 12.8 Å². The van der Waals surface area contributed by atoms with E-state index in [1.165, 1.54) is 0 Å². The summed E-state index contributed by atoms with van der Waals surface area (Å²) in [5.74, 6) is 0. The van der Waals surface area contributed by atoms with Crippen LogP contribution in [0.3, 0.4) is 0 Å². The van der Waals surface area contributed by atoms with Crippen LogP contribution in [0, 0.1) is 13.8 Å². The number of likely N-dealkylation sites (tertiary alicyclic amines) is 2. The molecule has 3 atom stereocenters. The number of carbonyl (C=O) groups excluding carboxylic acids is 3. The van der Waals surface area contributed by atoms with Crippen molar-refractivity contribution in [3.05, 3.63) is 58.7 Å². The molecule has 3 N–H and O–H groups in total. The van der Waals surface area contributed by atoms with Crippen molar-refractivity contribution in [1.29, 1.82) is 0 Å². The maximum absolute atomic E-state index is 13.6. The Kier molecular flexibility index (Phi) is 8.83. The van der Waals surface area contributed by atoms with Crippen molar-refractivity contribution in [2.75, 3.05) is 51.3 Å². The van der Waals surface area contributed by atoms with Crippen LogP contribution in [0.1, 0.15) is 54.4 Å². The molecule has 0 aliphatic carbocycles. The summed E-state index contributed by atoms with van der Waals surface area (Å²) in [6, 6.07) is 11.7. The highest BCUT2D eigenvalue weighted by atomic mass is 16.4. The van der Waals surface area contributed by atoms with Crippen LogP contribution >= 0.6 is 0 Å². The number of para-hydroxylation sites is 1. The largest absolute Gasteiger partial charge is 0.498 e. The van der Waals surface area contributed by atoms with Gasteiger partial charge in [-0.25, -0.2) is 4.79 Å². The maximum atomic E-state index is 13.6. The highest BCUT2D eigenvalue weighted by Gasteiger charge is 2.61. The van der Waals surface area contributed by atoms with Crippen molar-refractivity contribution in [3.8, 4) is 0 Å². The number of nitrogens with two attached hydrogens (primary N) is 1. The Hall–Kier alpha value is -3.47. The molecule has 2 saturated heterocycles. The lowest BCUT2D eigenvalue weighted by Gasteiger charge is -2.61. The minimum Gasteiger partial charge on any atom is -0.498 e. The van der Waals surface area contributed by atoms with Crippen molar-refractivity contribution in [2.24, 2.45) is 0 Å². The second kappa shape index (κ2) is 12.3. The molecule has 0 bridgehead atoms. The number of rotatable bonds is 7. The number of quaternary nitrogens is 1. The second-order valence-corrected chi connectivity index (χ2v) is 13.0. The first kappa shape index (κ1) is 31.0. The first-order chi connectivity index (χ1) is 20.5. The van der Waals surface area contributed by atoms with E-state index in [0.717, 1.165) is 47.1 Å². The van der Waals surface area contributed by atoms with E-state index in [4.69, 9.17) is 5.73 Å². The Morgan fingerprint density at radius 3 is 2.44 bits per heavy atom. The zero-order valence-corrected chi connectivity index (χ0v) is 26.0. The Balaban J connectivity index is 1.56. The van der Waals surface area contributed by atoms with Gasteiger partial charge in [-0.05, 0) is 82.1 Å². The van der Waals surface area contributed by atoms with E-state index >= 15 is 0 Å². The van der Waals surface area contributed by atoms with E-state index in [2.05, 4.69) is 29.2 Å². The Morgan fingerprint density at radius 1 is 1.14 bits per heavy atom. The predicted octanol–water partition coefficient (Wildman–Crippen LogP) is 3.11. The summed E-state index contributed by atoms with van der Waals surface area (Å²) in [7, 11) is 4.14. The minimum atomic E-state index is -1.19. The van der Waals surface area contributed by atoms with Gasteiger partial charge in [-0.3, -0.25) is 9.38 Å². The zero-order chi connectivity index (χ0) is 30.9. The summed E-state index contributed by atoms with van der Waals surface area (Å²) in [5.41, 5.74) is 10.4. The van der Waals surface area contributed by atoms with E-state index in [1.807, 2.05) is 55.1 Å². The van der Waals surface area contributed by atoms with Gasteiger partial charge in [0.25, 0.3) is 6.09 Å². The van der Waals surface area contributed by atoms with Crippen LogP contribution in [0.5, 0.6) is 0 Å². The molecule has 43 heavy (non-hydrogen) atoms. The number of nitrogens with zero attached hydrogens (tertiary/aromatic N) is 4. The number of carbonyl (C=O) groups is 3. The molecule has 2 fully saturated rings. The topological polar surface area (TPSA) is 122 Å². The Morgan fingerprint density at radius 2 is 1.81 bits per heavy atom. The molecule has 5 rings (SSSR count). The van der Waals surface area contributed by atoms with Crippen LogP contribution in [0.4, 0.5) is 21.0 Å². The molecule has 3 aliphatic rings. The van der Waals surface area contributed by atoms with Crippen LogP contribution < -0.4 is 16.2 Å². The molecule has 3 heterocycles. The maximum Gasteiger partial charge on any atom is 0.322 e. The van der Waals surface area contributed by atoms with E-state index < -0.39 is 11.8 Å². The number of piperidine rings is 2. The lowest BCUT2D eigenvalue weighted by atomic mass is 9.81. The number of anilines is 2. The number of urea groups is 1. The van der Waals surface area contributed by atoms with Gasteiger partial charge in [-0.2, -0.15) is 0 Å². The molecule has 2 aromatic carbocycles. The molecule has 10 nitrogen and oxygen atoms in total. The van der Waals surface area contributed by atoms with Gasteiger partial charge in [-0.1, -0.05) is 18.2 Å². The third-order valence-corrected chi connectivity index (χ3v) is 10.4. The first-order valence-corrected chi connectivity index (χ1v) is 15.5. The molecule has 2 unspecified atom stereocenters. The van der Waals surface area contributed by atoms with E-state index in [9.17, 15) is 19.5 Å². The molecule has 0 radical (unpaired) electrons. The number of amides is 3. The quantitative estimate of drug-likeness (QED) is 0.289. The summed E-state index contributed by atoms with van der Waals surface area (Å²) in [4.78, 5) is 46.1. The van der Waals surface area contributed by atoms with Crippen LogP contribution in [0.2, 0.25) is 0 Å². The number of aryl methyl sites for hydroxylation is 2. The van der Waals surface area contributed by atoms with Crippen LogP contribution in [-0.4, -0.2) is 95.6 Å². The number of nitrogen functional groups attached to an aromatic ring is 1. The van der Waals surface area contributed by atoms with Crippen LogP contribution in [0.25, 0.3) is 0 Å². The minimum absolute atomic E-state index is 0.0345. The number of fused-ring (bicyclic) bond motifs is 1. The van der Waals surface area contributed by atoms with Gasteiger partial charge >= 0.3 is 6.03 Å². The third kappa shape index (κ3) is 5.63. The van der Waals surface area contributed by atoms with Crippen LogP contribution in [-0.2, 0) is 17.8 Å². The number of hydrogen-bond acceptors (Lipinski definition) is 7. The average Bonchev–Trinajstić information content (AvgIpc) is 3.14. The molecule has 232 valence electrons. The predicted molar refractivity (Wildman–Crippen MR) is 165 cm³/mol. The molecule has 10 heteroatoms. The summed E-state index contributed by atoms with van der Waals surface area (Å²) in [5, 5.41) is 16.6. The molecule has 0 aromatic heterocycles. The highest BCUT2D eigenvalue weighted by molar-refractivity contribution is 5.91. The zero-order valence-electron chi connectivity index (χ0n) is 26.0. The number of nitrogens with one attached hydrogen (secondary N) is 1. The van der Waals surface area contributed by atoms with Crippen LogP contribution in [0.15, 0.2) is 36.4 Å². The van der Waals surface area contributed by atoms with Gasteiger partial charge in [0.05, 0.1) is 13.0 Å². The van der Waals surface area contributed by atoms with Crippen molar-refractivity contribution in [3.63, 3.8) is 0 Å². The Bertz CT molecular complexity index is 1350. The molecule has 0 saturated carbocycles. The number of benzene rings is 2. The molecule has 3 aliphatic heterocycles. The van der Waals surface area contributed by atoms with Crippen molar-refractivity contribution in [1.82, 2.24) is 14.7 Å². The number of carboxylic acid groups (broad SMARTS) is 1. The Labute approximate surface area is 255 Å². The monoisotopic (exact) mass is 590 g/mol. The lowest BCUT2D eigenvalue weighted by molar-refractivity contribution is -0.956. The fourth-order valence-electron chi connectivity index (χ4n) is 7.97. The third-order valence-electron chi connectivity index (χ3n) is 10.4. The van der Waals surface area contributed by atoms with Gasteiger partial charge in [0, 0.05) is 61.5 Å². The molecular formula is C33H46N6O4. The molecule has 3 amide bonds. The molecular weight excluding hydrogens is 544 g/mol. The first-order valence-electron chi connectivity index (χ1n) is 15.5. The SMILES string of the molecule is Cc1cc(C[N@+]2(C(=O)[O-])CCC(N3CCc4ccccc4NC3=O)CC2(CC=O)N2CCC(N(C)C)CC2)cc(C)c1N.